The molecule has 0 spiro atoms. The van der Waals surface area contributed by atoms with Gasteiger partial charge in [0.25, 0.3) is 0 Å². The third kappa shape index (κ3) is 3.10. The van der Waals surface area contributed by atoms with Crippen molar-refractivity contribution in [2.75, 3.05) is 13.2 Å². The van der Waals surface area contributed by atoms with Crippen LogP contribution in [0.25, 0.3) is 5.57 Å². The fourth-order valence-electron chi connectivity index (χ4n) is 2.35. The Balaban J connectivity index is 2.30. The van der Waals surface area contributed by atoms with Crippen molar-refractivity contribution < 1.29 is 14.1 Å². The van der Waals surface area contributed by atoms with E-state index in [1.54, 1.807) is 6.07 Å². The van der Waals surface area contributed by atoms with Crippen LogP contribution in [0.1, 0.15) is 25.3 Å². The number of rotatable bonds is 4. The average molecular weight is 265 g/mol. The zero-order valence-electron chi connectivity index (χ0n) is 10.8. The van der Waals surface area contributed by atoms with Gasteiger partial charge in [0.15, 0.2) is 0 Å². The molecule has 1 unspecified atom stereocenters. The molecule has 5 heteroatoms. The summed E-state index contributed by atoms with van der Waals surface area (Å²) in [6.07, 6.45) is 3.22. The molecular weight excluding hydrogens is 249 g/mol. The number of hydrogen-bond acceptors (Lipinski definition) is 3. The molecule has 1 aromatic carbocycles. The lowest BCUT2D eigenvalue weighted by atomic mass is 9.87. The highest BCUT2D eigenvalue weighted by atomic mass is 19.1. The predicted molar refractivity (Wildman–Crippen MR) is 70.1 cm³/mol. The third-order valence-corrected chi connectivity index (χ3v) is 3.22. The Morgan fingerprint density at radius 3 is 3.05 bits per heavy atom. The summed E-state index contributed by atoms with van der Waals surface area (Å²) >= 11 is 0. The molecule has 1 aliphatic rings. The highest BCUT2D eigenvalue weighted by Crippen LogP contribution is 2.38. The summed E-state index contributed by atoms with van der Waals surface area (Å²) in [6, 6.07) is 4.41. The van der Waals surface area contributed by atoms with Gasteiger partial charge in [0.1, 0.15) is 11.6 Å². The molecule has 0 saturated heterocycles. The molecule has 4 nitrogen and oxygen atoms in total. The Kier molecular flexibility index (Phi) is 4.14. The van der Waals surface area contributed by atoms with Crippen molar-refractivity contribution in [2.24, 2.45) is 5.92 Å². The van der Waals surface area contributed by atoms with Crippen LogP contribution in [-0.2, 0) is 0 Å². The second kappa shape index (κ2) is 5.82. The molecule has 1 aliphatic heterocycles. The van der Waals surface area contributed by atoms with Gasteiger partial charge in [0.05, 0.1) is 6.61 Å². The molecule has 1 aromatic rings. The first-order chi connectivity index (χ1) is 9.11. The maximum absolute atomic E-state index is 13.4. The fourth-order valence-corrected chi connectivity index (χ4v) is 2.35. The second-order valence-corrected chi connectivity index (χ2v) is 4.56. The van der Waals surface area contributed by atoms with Crippen molar-refractivity contribution in [3.8, 4) is 5.75 Å². The monoisotopic (exact) mass is 265 g/mol. The lowest BCUT2D eigenvalue weighted by Crippen LogP contribution is -2.22. The number of ether oxygens (including phenoxy) is 1. The van der Waals surface area contributed by atoms with Crippen molar-refractivity contribution >= 4 is 5.57 Å². The van der Waals surface area contributed by atoms with Crippen LogP contribution >= 0.6 is 0 Å². The molecule has 0 saturated carbocycles. The average Bonchev–Trinajstić information content (AvgIpc) is 2.38. The van der Waals surface area contributed by atoms with E-state index >= 15 is 0 Å². The van der Waals surface area contributed by atoms with Gasteiger partial charge in [0, 0.05) is 22.8 Å². The molecule has 0 fully saturated rings. The number of hydrogen-bond donors (Lipinski definition) is 0. The lowest BCUT2D eigenvalue weighted by Gasteiger charge is -2.27. The maximum Gasteiger partial charge on any atom is 0.204 e. The molecule has 0 N–H and O–H groups in total. The summed E-state index contributed by atoms with van der Waals surface area (Å²) in [5.41, 5.74) is 1.69. The molecule has 0 radical (unpaired) electrons. The number of nitrogens with zero attached hydrogens (tertiary/aromatic N) is 1. The number of benzene rings is 1. The number of allylic oxidation sites excluding steroid dienone is 1. The number of nitro groups is 1. The van der Waals surface area contributed by atoms with Gasteiger partial charge in [-0.3, -0.25) is 10.1 Å². The van der Waals surface area contributed by atoms with E-state index < -0.39 is 0 Å². The van der Waals surface area contributed by atoms with Crippen LogP contribution in [0.3, 0.4) is 0 Å². The molecule has 0 bridgehead atoms. The van der Waals surface area contributed by atoms with Crippen molar-refractivity contribution in [3.05, 3.63) is 45.8 Å². The Bertz CT molecular complexity index is 513. The fraction of sp³-hybridized carbons (Fsp3) is 0.429. The molecule has 0 aromatic heterocycles. The minimum atomic E-state index is -0.329. The lowest BCUT2D eigenvalue weighted by molar-refractivity contribution is -0.481. The first kappa shape index (κ1) is 13.5. The molecule has 102 valence electrons. The summed E-state index contributed by atoms with van der Waals surface area (Å²) in [4.78, 5) is 10.2. The van der Waals surface area contributed by atoms with Gasteiger partial charge >= 0.3 is 0 Å². The third-order valence-electron chi connectivity index (χ3n) is 3.22. The van der Waals surface area contributed by atoms with Gasteiger partial charge in [-0.15, -0.1) is 0 Å². The zero-order valence-corrected chi connectivity index (χ0v) is 10.8. The topological polar surface area (TPSA) is 52.4 Å². The van der Waals surface area contributed by atoms with Crippen LogP contribution in [0.5, 0.6) is 5.75 Å². The normalized spacial score (nSPS) is 19.9. The van der Waals surface area contributed by atoms with E-state index in [1.165, 1.54) is 12.1 Å². The smallest absolute Gasteiger partial charge is 0.204 e. The van der Waals surface area contributed by atoms with E-state index in [2.05, 4.69) is 0 Å². The summed E-state index contributed by atoms with van der Waals surface area (Å²) in [5.74, 6) is 0.289. The summed E-state index contributed by atoms with van der Waals surface area (Å²) in [6.45, 7) is 2.31. The summed E-state index contributed by atoms with van der Waals surface area (Å²) in [5, 5.41) is 10.5. The van der Waals surface area contributed by atoms with Gasteiger partial charge < -0.3 is 4.74 Å². The van der Waals surface area contributed by atoms with E-state index in [1.807, 2.05) is 13.0 Å². The standard InChI is InChI=1S/C14H16FNO3/c1-2-3-12-10(6-7-16(17)18)9-19-14-5-4-11(15)8-13(12)14/h3-5,8,10H,2,6-7,9H2,1H3/b12-3-. The van der Waals surface area contributed by atoms with Gasteiger partial charge in [-0.1, -0.05) is 13.0 Å². The quantitative estimate of drug-likeness (QED) is 0.620. The van der Waals surface area contributed by atoms with E-state index in [0.29, 0.717) is 18.8 Å². The van der Waals surface area contributed by atoms with Crippen LogP contribution in [0.15, 0.2) is 24.3 Å². The largest absolute Gasteiger partial charge is 0.492 e. The van der Waals surface area contributed by atoms with Crippen molar-refractivity contribution in [1.29, 1.82) is 0 Å². The zero-order chi connectivity index (χ0) is 13.8. The maximum atomic E-state index is 13.4. The molecule has 2 rings (SSSR count). The Morgan fingerprint density at radius 1 is 1.58 bits per heavy atom. The minimum Gasteiger partial charge on any atom is -0.492 e. The van der Waals surface area contributed by atoms with E-state index in [4.69, 9.17) is 4.74 Å². The SMILES string of the molecule is CC/C=C1\c2cc(F)ccc2OCC1CC[N+](=O)[O-]. The molecule has 1 atom stereocenters. The minimum absolute atomic E-state index is 0.0420. The number of halogens is 1. The van der Waals surface area contributed by atoms with Crippen LogP contribution in [0, 0.1) is 21.8 Å². The Hall–Kier alpha value is -1.91. The van der Waals surface area contributed by atoms with Gasteiger partial charge in [-0.25, -0.2) is 4.39 Å². The van der Waals surface area contributed by atoms with E-state index in [-0.39, 0.29) is 23.2 Å². The van der Waals surface area contributed by atoms with Gasteiger partial charge in [-0.2, -0.15) is 0 Å². The van der Waals surface area contributed by atoms with Crippen molar-refractivity contribution in [2.45, 2.75) is 19.8 Å². The van der Waals surface area contributed by atoms with Crippen molar-refractivity contribution in [3.63, 3.8) is 0 Å². The first-order valence-corrected chi connectivity index (χ1v) is 6.36. The highest BCUT2D eigenvalue weighted by Gasteiger charge is 2.26. The summed E-state index contributed by atoms with van der Waals surface area (Å²) in [7, 11) is 0. The second-order valence-electron chi connectivity index (χ2n) is 4.56. The molecule has 1 heterocycles. The Morgan fingerprint density at radius 2 is 2.37 bits per heavy atom. The Labute approximate surface area is 111 Å². The first-order valence-electron chi connectivity index (χ1n) is 6.36. The molecule has 19 heavy (non-hydrogen) atoms. The highest BCUT2D eigenvalue weighted by molar-refractivity contribution is 5.73. The van der Waals surface area contributed by atoms with Gasteiger partial charge in [0.2, 0.25) is 6.54 Å². The van der Waals surface area contributed by atoms with Crippen LogP contribution in [0.2, 0.25) is 0 Å². The van der Waals surface area contributed by atoms with Crippen LogP contribution in [-0.4, -0.2) is 18.1 Å². The predicted octanol–water partition coefficient (Wildman–Crippen LogP) is 3.29. The number of fused-ring (bicyclic) bond motifs is 1. The van der Waals surface area contributed by atoms with Gasteiger partial charge in [-0.05, 0) is 30.2 Å². The van der Waals surface area contributed by atoms with Crippen molar-refractivity contribution in [1.82, 2.24) is 0 Å². The molecule has 0 amide bonds. The summed E-state index contributed by atoms with van der Waals surface area (Å²) < 4.78 is 18.9. The van der Waals surface area contributed by atoms with Crippen LogP contribution in [0.4, 0.5) is 4.39 Å². The van der Waals surface area contributed by atoms with Crippen LogP contribution < -0.4 is 4.74 Å². The molecular formula is C14H16FNO3. The molecule has 0 aliphatic carbocycles. The van der Waals surface area contributed by atoms with E-state index in [9.17, 15) is 14.5 Å². The van der Waals surface area contributed by atoms with E-state index in [0.717, 1.165) is 17.6 Å².